The zero-order chi connectivity index (χ0) is 34.4. The SMILES string of the molecule is C=CCOC(=O)Nc1nc(/C(=N/OC)C(=O)N[C@@H]2C(=O)N3C(C(=O)OCC=C)=C(c4csc(-c5ccc([N+](=O)[O-])cc5)n4)CC[C@H]23)cs1. The monoisotopic (exact) mass is 693 g/mol. The molecule has 0 bridgehead atoms. The molecule has 16 nitrogen and oxygen atoms in total. The number of nitrogens with zero attached hydrogens (tertiary/aromatic N) is 5. The summed E-state index contributed by atoms with van der Waals surface area (Å²) in [7, 11) is 1.24. The molecule has 2 aliphatic rings. The minimum atomic E-state index is -1.00. The van der Waals surface area contributed by atoms with Gasteiger partial charge in [0, 0.05) is 34.0 Å². The molecule has 3 aromatic rings. The summed E-state index contributed by atoms with van der Waals surface area (Å²) in [6, 6.07) is 4.33. The molecule has 248 valence electrons. The van der Waals surface area contributed by atoms with E-state index in [1.54, 1.807) is 17.5 Å². The molecule has 2 aromatic heterocycles. The highest BCUT2D eigenvalue weighted by molar-refractivity contribution is 7.14. The number of β-lactam (4-membered cyclic amide) rings is 1. The van der Waals surface area contributed by atoms with Crippen LogP contribution in [0.5, 0.6) is 0 Å². The van der Waals surface area contributed by atoms with Gasteiger partial charge in [-0.05, 0) is 25.0 Å². The highest BCUT2D eigenvalue weighted by Crippen LogP contribution is 2.42. The highest BCUT2D eigenvalue weighted by atomic mass is 32.1. The molecular weight excluding hydrogens is 667 g/mol. The number of rotatable bonds is 13. The summed E-state index contributed by atoms with van der Waals surface area (Å²) in [5.41, 5.74) is 1.37. The molecule has 0 saturated carbocycles. The Hall–Kier alpha value is -5.75. The number of nitro benzene ring substituents is 1. The summed E-state index contributed by atoms with van der Waals surface area (Å²) in [6.07, 6.45) is 2.74. The Balaban J connectivity index is 1.36. The van der Waals surface area contributed by atoms with E-state index in [2.05, 4.69) is 38.9 Å². The number of carbonyl (C=O) groups excluding carboxylic acids is 4. The van der Waals surface area contributed by atoms with E-state index in [1.807, 2.05) is 0 Å². The number of benzene rings is 1. The lowest BCUT2D eigenvalue weighted by atomic mass is 9.82. The topological polar surface area (TPSA) is 205 Å². The Labute approximate surface area is 280 Å². The predicted octanol–water partition coefficient (Wildman–Crippen LogP) is 3.89. The fourth-order valence-electron chi connectivity index (χ4n) is 4.98. The third-order valence-corrected chi connectivity index (χ3v) is 8.72. The van der Waals surface area contributed by atoms with Gasteiger partial charge in [-0.1, -0.05) is 30.5 Å². The van der Waals surface area contributed by atoms with E-state index in [-0.39, 0.29) is 41.1 Å². The van der Waals surface area contributed by atoms with Crippen LogP contribution in [0.25, 0.3) is 16.1 Å². The number of nitro groups is 1. The maximum atomic E-state index is 13.6. The van der Waals surface area contributed by atoms with Crippen molar-refractivity contribution in [2.75, 3.05) is 25.6 Å². The first-order chi connectivity index (χ1) is 23.2. The molecular formula is C30H27N7O9S2. The lowest BCUT2D eigenvalue weighted by Crippen LogP contribution is -2.72. The van der Waals surface area contributed by atoms with Crippen molar-refractivity contribution in [2.45, 2.75) is 24.9 Å². The lowest BCUT2D eigenvalue weighted by Gasteiger charge is -2.50. The van der Waals surface area contributed by atoms with Crippen LogP contribution in [0.1, 0.15) is 24.2 Å². The normalized spacial score (nSPS) is 17.1. The van der Waals surface area contributed by atoms with Gasteiger partial charge < -0.3 is 19.6 Å². The summed E-state index contributed by atoms with van der Waals surface area (Å²) in [4.78, 5) is 77.6. The Morgan fingerprint density at radius 2 is 1.85 bits per heavy atom. The third-order valence-electron chi connectivity index (χ3n) is 7.07. The first-order valence-electron chi connectivity index (χ1n) is 14.1. The molecule has 1 saturated heterocycles. The summed E-state index contributed by atoms with van der Waals surface area (Å²) in [5.74, 6) is -2.07. The number of fused-ring (bicyclic) bond motifs is 1. The molecule has 1 fully saturated rings. The molecule has 1 aromatic carbocycles. The molecule has 0 spiro atoms. The number of nitrogens with one attached hydrogen (secondary N) is 2. The van der Waals surface area contributed by atoms with Gasteiger partial charge >= 0.3 is 12.1 Å². The zero-order valence-corrected chi connectivity index (χ0v) is 26.9. The number of anilines is 1. The number of esters is 1. The predicted molar refractivity (Wildman–Crippen MR) is 175 cm³/mol. The van der Waals surface area contributed by atoms with Crippen LogP contribution in [-0.2, 0) is 28.7 Å². The second-order valence-electron chi connectivity index (χ2n) is 9.99. The Kier molecular flexibility index (Phi) is 10.3. The van der Waals surface area contributed by atoms with E-state index < -0.39 is 40.9 Å². The van der Waals surface area contributed by atoms with Crippen LogP contribution in [-0.4, -0.2) is 81.8 Å². The third kappa shape index (κ3) is 6.98. The van der Waals surface area contributed by atoms with Crippen molar-refractivity contribution >= 4 is 68.7 Å². The van der Waals surface area contributed by atoms with E-state index in [9.17, 15) is 29.3 Å². The van der Waals surface area contributed by atoms with E-state index in [4.69, 9.17) is 14.3 Å². The number of non-ortho nitro benzene ring substituents is 1. The molecule has 2 atom stereocenters. The van der Waals surface area contributed by atoms with Crippen molar-refractivity contribution < 1.29 is 38.4 Å². The fraction of sp³-hybridized carbons (Fsp3) is 0.233. The van der Waals surface area contributed by atoms with Gasteiger partial charge in [0.15, 0.2) is 10.8 Å². The summed E-state index contributed by atoms with van der Waals surface area (Å²) in [5, 5.41) is 23.8. The van der Waals surface area contributed by atoms with Crippen LogP contribution < -0.4 is 10.6 Å². The second-order valence-corrected chi connectivity index (χ2v) is 11.7. The maximum Gasteiger partial charge on any atom is 0.413 e. The quantitative estimate of drug-likeness (QED) is 0.0656. The summed E-state index contributed by atoms with van der Waals surface area (Å²) < 4.78 is 10.2. The number of hydrogen-bond donors (Lipinski definition) is 2. The average Bonchev–Trinajstić information content (AvgIpc) is 3.77. The van der Waals surface area contributed by atoms with Gasteiger partial charge in [-0.15, -0.1) is 22.7 Å². The van der Waals surface area contributed by atoms with Crippen molar-refractivity contribution in [2.24, 2.45) is 5.16 Å². The number of aromatic nitrogens is 2. The summed E-state index contributed by atoms with van der Waals surface area (Å²) in [6.45, 7) is 6.93. The van der Waals surface area contributed by atoms with E-state index in [0.717, 1.165) is 11.3 Å². The standard InChI is InChI=1S/C30H27N7O9S2/c1-4-12-45-28(40)24-18(19-14-47-26(31-19)16-6-8-17(9-7-16)37(42)43)10-11-21-23(27(39)36(21)24)33-25(38)22(35-44-3)20-15-48-29(32-20)34-30(41)46-13-5-2/h4-9,14-15,21,23H,1-2,10-13H2,3H3,(H,33,38)(H,32,34,41)/b35-22-/t21-,23+/m1/s1. The van der Waals surface area contributed by atoms with Gasteiger partial charge in [-0.3, -0.25) is 29.9 Å². The number of allylic oxidation sites excluding steroid dienone is 1. The van der Waals surface area contributed by atoms with Crippen molar-refractivity contribution in [3.8, 4) is 10.6 Å². The zero-order valence-electron chi connectivity index (χ0n) is 25.2. The van der Waals surface area contributed by atoms with Crippen molar-refractivity contribution in [3.63, 3.8) is 0 Å². The average molecular weight is 694 g/mol. The Morgan fingerprint density at radius 1 is 1.12 bits per heavy atom. The smallest absolute Gasteiger partial charge is 0.413 e. The van der Waals surface area contributed by atoms with Gasteiger partial charge in [0.05, 0.1) is 16.7 Å². The van der Waals surface area contributed by atoms with Crippen molar-refractivity contribution in [1.29, 1.82) is 0 Å². The molecule has 48 heavy (non-hydrogen) atoms. The lowest BCUT2D eigenvalue weighted by molar-refractivity contribution is -0.384. The van der Waals surface area contributed by atoms with Crippen molar-refractivity contribution in [1.82, 2.24) is 20.2 Å². The van der Waals surface area contributed by atoms with Crippen LogP contribution in [0.4, 0.5) is 15.6 Å². The summed E-state index contributed by atoms with van der Waals surface area (Å²) >= 11 is 2.29. The number of oxime groups is 1. The number of carbonyl (C=O) groups is 4. The number of ether oxygens (including phenoxy) is 2. The number of hydrogen-bond acceptors (Lipinski definition) is 14. The number of amides is 3. The van der Waals surface area contributed by atoms with Crippen LogP contribution in [0, 0.1) is 10.1 Å². The Morgan fingerprint density at radius 3 is 2.54 bits per heavy atom. The highest BCUT2D eigenvalue weighted by Gasteiger charge is 2.54. The minimum absolute atomic E-state index is 0.00613. The first kappa shape index (κ1) is 33.6. The molecule has 5 rings (SSSR count). The van der Waals surface area contributed by atoms with Gasteiger partial charge in [-0.25, -0.2) is 19.6 Å². The van der Waals surface area contributed by atoms with Gasteiger partial charge in [0.2, 0.25) is 0 Å². The second kappa shape index (κ2) is 14.8. The molecule has 0 unspecified atom stereocenters. The van der Waals surface area contributed by atoms with Gasteiger partial charge in [-0.2, -0.15) is 0 Å². The molecule has 0 radical (unpaired) electrons. The molecule has 2 aliphatic heterocycles. The minimum Gasteiger partial charge on any atom is -0.457 e. The van der Waals surface area contributed by atoms with E-state index in [1.165, 1.54) is 53.0 Å². The maximum absolute atomic E-state index is 13.6. The number of thiazole rings is 2. The van der Waals surface area contributed by atoms with Crippen LogP contribution in [0.2, 0.25) is 0 Å². The van der Waals surface area contributed by atoms with Crippen molar-refractivity contribution in [3.05, 3.63) is 87.5 Å². The first-order valence-corrected chi connectivity index (χ1v) is 15.9. The molecule has 3 amide bonds. The van der Waals surface area contributed by atoms with Gasteiger partial charge in [0.25, 0.3) is 17.5 Å². The van der Waals surface area contributed by atoms with Gasteiger partial charge in [0.1, 0.15) is 42.8 Å². The molecule has 18 heteroatoms. The van der Waals surface area contributed by atoms with Crippen LogP contribution in [0.15, 0.2) is 71.2 Å². The molecule has 2 N–H and O–H groups in total. The molecule has 0 aliphatic carbocycles. The van der Waals surface area contributed by atoms with E-state index >= 15 is 0 Å². The van der Waals surface area contributed by atoms with Crippen LogP contribution in [0.3, 0.4) is 0 Å². The largest absolute Gasteiger partial charge is 0.457 e. The van der Waals surface area contributed by atoms with Crippen LogP contribution >= 0.6 is 22.7 Å². The van der Waals surface area contributed by atoms with E-state index in [0.29, 0.717) is 34.7 Å². The molecule has 4 heterocycles. The fourth-order valence-corrected chi connectivity index (χ4v) is 6.50. The Bertz CT molecular complexity index is 1850.